The molecule has 140 valence electrons. The summed E-state index contributed by atoms with van der Waals surface area (Å²) in [6, 6.07) is 7.16. The maximum atomic E-state index is 12.7. The summed E-state index contributed by atoms with van der Waals surface area (Å²) in [6.45, 7) is 4.78. The Morgan fingerprint density at radius 2 is 2.08 bits per heavy atom. The highest BCUT2D eigenvalue weighted by Crippen LogP contribution is 2.44. The molecule has 4 rings (SSSR count). The Morgan fingerprint density at radius 1 is 1.35 bits per heavy atom. The number of aryl methyl sites for hydroxylation is 2. The van der Waals surface area contributed by atoms with E-state index < -0.39 is 0 Å². The van der Waals surface area contributed by atoms with Crippen molar-refractivity contribution in [2.75, 3.05) is 13.7 Å². The average molecular weight is 356 g/mol. The van der Waals surface area contributed by atoms with Crippen molar-refractivity contribution in [3.8, 4) is 0 Å². The third-order valence-electron chi connectivity index (χ3n) is 6.70. The van der Waals surface area contributed by atoms with Gasteiger partial charge in [0.15, 0.2) is 0 Å². The van der Waals surface area contributed by atoms with Gasteiger partial charge in [-0.1, -0.05) is 25.1 Å². The smallest absolute Gasteiger partial charge is 0.407 e. The van der Waals surface area contributed by atoms with E-state index in [0.29, 0.717) is 31.4 Å². The Hall–Kier alpha value is -2.04. The quantitative estimate of drug-likeness (QED) is 0.902. The van der Waals surface area contributed by atoms with Crippen LogP contribution in [0, 0.1) is 12.8 Å². The molecule has 1 saturated heterocycles. The van der Waals surface area contributed by atoms with Crippen molar-refractivity contribution < 1.29 is 14.3 Å². The Morgan fingerprint density at radius 3 is 2.65 bits per heavy atom. The highest BCUT2D eigenvalue weighted by Gasteiger charge is 2.53. The van der Waals surface area contributed by atoms with Gasteiger partial charge in [-0.15, -0.1) is 0 Å². The number of carbonyl (C=O) groups is 2. The van der Waals surface area contributed by atoms with E-state index >= 15 is 0 Å². The van der Waals surface area contributed by atoms with Crippen LogP contribution in [0.15, 0.2) is 18.2 Å². The summed E-state index contributed by atoms with van der Waals surface area (Å²) >= 11 is 0. The van der Waals surface area contributed by atoms with Crippen molar-refractivity contribution in [2.45, 2.75) is 63.5 Å². The third kappa shape index (κ3) is 2.87. The second-order valence-electron chi connectivity index (χ2n) is 8.40. The van der Waals surface area contributed by atoms with Gasteiger partial charge in [0, 0.05) is 19.0 Å². The number of ether oxygens (including phenoxy) is 1. The van der Waals surface area contributed by atoms with Gasteiger partial charge in [-0.05, 0) is 61.6 Å². The summed E-state index contributed by atoms with van der Waals surface area (Å²) in [5.74, 6) is 0.806. The molecule has 3 fully saturated rings. The number of nitrogens with one attached hydrogen (secondary N) is 1. The maximum Gasteiger partial charge on any atom is 0.407 e. The van der Waals surface area contributed by atoms with E-state index in [2.05, 4.69) is 37.4 Å². The Labute approximate surface area is 155 Å². The van der Waals surface area contributed by atoms with Crippen molar-refractivity contribution in [1.29, 1.82) is 0 Å². The van der Waals surface area contributed by atoms with Gasteiger partial charge in [0.25, 0.3) is 0 Å². The number of nitrogens with zero attached hydrogens (tertiary/aromatic N) is 1. The predicted octanol–water partition coefficient (Wildman–Crippen LogP) is 3.15. The van der Waals surface area contributed by atoms with E-state index in [1.54, 1.807) is 0 Å². The third-order valence-corrected chi connectivity index (χ3v) is 6.70. The van der Waals surface area contributed by atoms with Crippen LogP contribution < -0.4 is 5.32 Å². The van der Waals surface area contributed by atoms with E-state index in [1.807, 2.05) is 11.9 Å². The van der Waals surface area contributed by atoms with Gasteiger partial charge in [-0.2, -0.15) is 0 Å². The molecular formula is C21H28N2O3. The summed E-state index contributed by atoms with van der Waals surface area (Å²) < 4.78 is 4.99. The molecule has 1 spiro atoms. The van der Waals surface area contributed by atoms with Crippen molar-refractivity contribution in [1.82, 2.24) is 10.2 Å². The largest absolute Gasteiger partial charge is 0.447 e. The van der Waals surface area contributed by atoms with Crippen LogP contribution in [0.3, 0.4) is 0 Å². The van der Waals surface area contributed by atoms with Gasteiger partial charge in [-0.25, -0.2) is 4.79 Å². The van der Waals surface area contributed by atoms with Crippen LogP contribution in [0.5, 0.6) is 0 Å². The zero-order valence-corrected chi connectivity index (χ0v) is 15.9. The first kappa shape index (κ1) is 17.4. The molecule has 26 heavy (non-hydrogen) atoms. The molecule has 0 unspecified atom stereocenters. The molecule has 1 aliphatic heterocycles. The fraction of sp³-hybridized carbons (Fsp3) is 0.619. The molecule has 0 bridgehead atoms. The molecule has 3 aliphatic rings. The molecule has 1 N–H and O–H groups in total. The zero-order chi connectivity index (χ0) is 18.5. The number of carbonyl (C=O) groups excluding carboxylic acids is 2. The molecule has 2 aliphatic carbocycles. The predicted molar refractivity (Wildman–Crippen MR) is 99.0 cm³/mol. The van der Waals surface area contributed by atoms with Crippen LogP contribution in [0.1, 0.15) is 55.2 Å². The van der Waals surface area contributed by atoms with E-state index in [4.69, 9.17) is 4.74 Å². The van der Waals surface area contributed by atoms with Crippen LogP contribution in [-0.2, 0) is 16.0 Å². The minimum absolute atomic E-state index is 0.0205. The van der Waals surface area contributed by atoms with E-state index in [0.717, 1.165) is 19.3 Å². The fourth-order valence-corrected chi connectivity index (χ4v) is 4.78. The summed E-state index contributed by atoms with van der Waals surface area (Å²) in [4.78, 5) is 25.9. The molecule has 1 heterocycles. The summed E-state index contributed by atoms with van der Waals surface area (Å²) in [7, 11) is 1.93. The molecular weight excluding hydrogens is 328 g/mol. The first-order valence-electron chi connectivity index (χ1n) is 9.72. The molecule has 2 amide bonds. The molecule has 1 aromatic rings. The Kier molecular flexibility index (Phi) is 4.20. The van der Waals surface area contributed by atoms with Crippen LogP contribution in [0.25, 0.3) is 0 Å². The SMILES string of the molecule is CCc1ccc(C2CC(N(C)C(=O)C3CC4(COC(=O)N4)C3)C2)cc1C. The number of rotatable bonds is 4. The van der Waals surface area contributed by atoms with E-state index in [-0.39, 0.29) is 23.5 Å². The number of amides is 2. The molecule has 0 aromatic heterocycles. The number of hydrogen-bond acceptors (Lipinski definition) is 3. The van der Waals surface area contributed by atoms with Gasteiger partial charge >= 0.3 is 6.09 Å². The first-order valence-corrected chi connectivity index (χ1v) is 9.72. The van der Waals surface area contributed by atoms with E-state index in [9.17, 15) is 9.59 Å². The van der Waals surface area contributed by atoms with Crippen molar-refractivity contribution in [3.63, 3.8) is 0 Å². The molecule has 2 saturated carbocycles. The Bertz CT molecular complexity index is 733. The normalized spacial score (nSPS) is 32.4. The molecule has 0 atom stereocenters. The Balaban J connectivity index is 1.29. The summed E-state index contributed by atoms with van der Waals surface area (Å²) in [5, 5.41) is 2.86. The van der Waals surface area contributed by atoms with Gasteiger partial charge in [0.1, 0.15) is 6.61 Å². The monoisotopic (exact) mass is 356 g/mol. The molecule has 5 nitrogen and oxygen atoms in total. The van der Waals surface area contributed by atoms with Crippen molar-refractivity contribution in [2.24, 2.45) is 5.92 Å². The lowest BCUT2D eigenvalue weighted by molar-refractivity contribution is -0.143. The van der Waals surface area contributed by atoms with Crippen LogP contribution in [0.2, 0.25) is 0 Å². The highest BCUT2D eigenvalue weighted by molar-refractivity contribution is 5.81. The van der Waals surface area contributed by atoms with Gasteiger partial charge in [-0.3, -0.25) is 4.79 Å². The van der Waals surface area contributed by atoms with Gasteiger partial charge < -0.3 is 15.0 Å². The second kappa shape index (κ2) is 6.29. The summed E-state index contributed by atoms with van der Waals surface area (Å²) in [5.41, 5.74) is 3.92. The minimum atomic E-state index is -0.351. The zero-order valence-electron chi connectivity index (χ0n) is 15.9. The standard InChI is InChI=1S/C21H28N2O3/c1-4-14-5-6-15(7-13(14)2)16-8-18(9-16)23(3)19(24)17-10-21(11-17)12-26-20(25)22-21/h5-7,16-18H,4,8-12H2,1-3H3,(H,22,25). The van der Waals surface area contributed by atoms with Crippen LogP contribution in [0.4, 0.5) is 4.79 Å². The number of alkyl carbamates (subject to hydrolysis) is 1. The molecule has 5 heteroatoms. The molecule has 0 radical (unpaired) electrons. The first-order chi connectivity index (χ1) is 12.4. The topological polar surface area (TPSA) is 58.6 Å². The number of hydrogen-bond donors (Lipinski definition) is 1. The lowest BCUT2D eigenvalue weighted by Gasteiger charge is -2.47. The number of cyclic esters (lactones) is 1. The lowest BCUT2D eigenvalue weighted by Crippen LogP contribution is -2.59. The van der Waals surface area contributed by atoms with Crippen molar-refractivity contribution in [3.05, 3.63) is 34.9 Å². The van der Waals surface area contributed by atoms with Gasteiger partial charge in [0.2, 0.25) is 5.91 Å². The highest BCUT2D eigenvalue weighted by atomic mass is 16.6. The van der Waals surface area contributed by atoms with Crippen LogP contribution in [-0.4, -0.2) is 42.1 Å². The lowest BCUT2D eigenvalue weighted by atomic mass is 9.67. The second-order valence-corrected chi connectivity index (χ2v) is 8.40. The number of benzene rings is 1. The average Bonchev–Trinajstić information content (AvgIpc) is 2.94. The molecule has 1 aromatic carbocycles. The van der Waals surface area contributed by atoms with Crippen LogP contribution >= 0.6 is 0 Å². The van der Waals surface area contributed by atoms with Crippen molar-refractivity contribution >= 4 is 12.0 Å². The summed E-state index contributed by atoms with van der Waals surface area (Å²) in [6.07, 6.45) is 4.22. The van der Waals surface area contributed by atoms with Gasteiger partial charge in [0.05, 0.1) is 5.54 Å². The minimum Gasteiger partial charge on any atom is -0.447 e. The maximum absolute atomic E-state index is 12.7. The van der Waals surface area contributed by atoms with E-state index in [1.165, 1.54) is 16.7 Å². The fourth-order valence-electron chi connectivity index (χ4n) is 4.78.